The molecule has 0 aromatic carbocycles. The third-order valence-corrected chi connectivity index (χ3v) is 6.14. The molecule has 9 heteroatoms. The number of hydrogen-bond donors (Lipinski definition) is 3. The highest BCUT2D eigenvalue weighted by atomic mass is 16.4. The van der Waals surface area contributed by atoms with E-state index in [4.69, 9.17) is 4.98 Å². The topological polar surface area (TPSA) is 111 Å². The molecule has 4 rings (SSSR count). The second-order valence-electron chi connectivity index (χ2n) is 8.28. The van der Waals surface area contributed by atoms with Gasteiger partial charge < -0.3 is 25.5 Å². The van der Waals surface area contributed by atoms with Crippen LogP contribution in [0.5, 0.6) is 0 Å². The number of hydrogen-bond acceptors (Lipinski definition) is 6. The van der Waals surface area contributed by atoms with E-state index < -0.39 is 11.9 Å². The molecule has 2 aliphatic rings. The van der Waals surface area contributed by atoms with Gasteiger partial charge in [0.2, 0.25) is 0 Å². The SMILES string of the molecule is CNc1ccc([C@H](CN2CCN(CCCc3ccc4c(n3)NCCC4)C2=O)C(=O)O)cn1. The zero-order chi connectivity index (χ0) is 22.5. The molecule has 1 saturated heterocycles. The number of nitrogens with zero attached hydrogens (tertiary/aromatic N) is 4. The van der Waals surface area contributed by atoms with Crippen molar-refractivity contribution >= 4 is 23.6 Å². The Kier molecular flexibility index (Phi) is 6.72. The highest BCUT2D eigenvalue weighted by molar-refractivity contribution is 5.80. The summed E-state index contributed by atoms with van der Waals surface area (Å²) in [5, 5.41) is 16.0. The molecule has 170 valence electrons. The number of carboxylic acid groups (broad SMARTS) is 1. The van der Waals surface area contributed by atoms with E-state index in [2.05, 4.69) is 27.8 Å². The van der Waals surface area contributed by atoms with E-state index in [0.29, 0.717) is 31.0 Å². The van der Waals surface area contributed by atoms with Gasteiger partial charge in [-0.3, -0.25) is 4.79 Å². The second kappa shape index (κ2) is 9.84. The van der Waals surface area contributed by atoms with Crippen molar-refractivity contribution in [1.82, 2.24) is 19.8 Å². The maximum Gasteiger partial charge on any atom is 0.320 e. The van der Waals surface area contributed by atoms with Crippen molar-refractivity contribution in [2.24, 2.45) is 0 Å². The monoisotopic (exact) mass is 438 g/mol. The molecule has 32 heavy (non-hydrogen) atoms. The summed E-state index contributed by atoms with van der Waals surface area (Å²) in [4.78, 5) is 37.0. The molecule has 0 unspecified atom stereocenters. The van der Waals surface area contributed by atoms with E-state index in [-0.39, 0.29) is 12.6 Å². The number of amides is 2. The fraction of sp³-hybridized carbons (Fsp3) is 0.478. The summed E-state index contributed by atoms with van der Waals surface area (Å²) in [6.07, 6.45) is 5.40. The number of carbonyl (C=O) groups excluding carboxylic acids is 1. The lowest BCUT2D eigenvalue weighted by molar-refractivity contribution is -0.139. The minimum Gasteiger partial charge on any atom is -0.481 e. The number of aryl methyl sites for hydroxylation is 2. The lowest BCUT2D eigenvalue weighted by Crippen LogP contribution is -2.36. The molecule has 0 aliphatic carbocycles. The molecule has 0 radical (unpaired) electrons. The number of anilines is 2. The summed E-state index contributed by atoms with van der Waals surface area (Å²) in [6, 6.07) is 7.62. The highest BCUT2D eigenvalue weighted by Crippen LogP contribution is 2.22. The van der Waals surface area contributed by atoms with Gasteiger partial charge in [-0.2, -0.15) is 0 Å². The van der Waals surface area contributed by atoms with Crippen molar-refractivity contribution in [3.8, 4) is 0 Å². The van der Waals surface area contributed by atoms with E-state index in [9.17, 15) is 14.7 Å². The molecule has 3 N–H and O–H groups in total. The first-order chi connectivity index (χ1) is 15.5. The third-order valence-electron chi connectivity index (χ3n) is 6.14. The van der Waals surface area contributed by atoms with Gasteiger partial charge >= 0.3 is 12.0 Å². The van der Waals surface area contributed by atoms with Crippen molar-refractivity contribution in [3.63, 3.8) is 0 Å². The van der Waals surface area contributed by atoms with Crippen LogP contribution in [0.1, 0.15) is 35.6 Å². The van der Waals surface area contributed by atoms with Crippen molar-refractivity contribution < 1.29 is 14.7 Å². The Morgan fingerprint density at radius 3 is 2.84 bits per heavy atom. The van der Waals surface area contributed by atoms with Crippen LogP contribution in [-0.4, -0.2) is 76.6 Å². The van der Waals surface area contributed by atoms with Gasteiger partial charge in [-0.05, 0) is 48.9 Å². The van der Waals surface area contributed by atoms with Crippen molar-refractivity contribution in [2.45, 2.75) is 31.6 Å². The summed E-state index contributed by atoms with van der Waals surface area (Å²) in [6.45, 7) is 2.89. The van der Waals surface area contributed by atoms with Gasteiger partial charge in [0.25, 0.3) is 0 Å². The molecule has 9 nitrogen and oxygen atoms in total. The van der Waals surface area contributed by atoms with Gasteiger partial charge in [0, 0.05) is 51.7 Å². The van der Waals surface area contributed by atoms with Crippen LogP contribution in [0.15, 0.2) is 30.5 Å². The molecule has 2 aromatic rings. The lowest BCUT2D eigenvalue weighted by Gasteiger charge is -2.22. The largest absolute Gasteiger partial charge is 0.481 e. The van der Waals surface area contributed by atoms with Crippen molar-refractivity contribution in [1.29, 1.82) is 0 Å². The number of aliphatic carboxylic acids is 1. The molecule has 1 atom stereocenters. The molecule has 0 bridgehead atoms. The normalized spacial score (nSPS) is 16.5. The number of carboxylic acids is 1. The zero-order valence-electron chi connectivity index (χ0n) is 18.4. The van der Waals surface area contributed by atoms with Crippen molar-refractivity contribution in [2.75, 3.05) is 50.4 Å². The third kappa shape index (κ3) is 4.92. The Bertz CT molecular complexity index is 965. The van der Waals surface area contributed by atoms with Crippen LogP contribution in [0.25, 0.3) is 0 Å². The summed E-state index contributed by atoms with van der Waals surface area (Å²) in [7, 11) is 1.76. The van der Waals surface area contributed by atoms with Crippen LogP contribution in [0.3, 0.4) is 0 Å². The molecule has 2 aromatic heterocycles. The van der Waals surface area contributed by atoms with Crippen LogP contribution in [0.4, 0.5) is 16.4 Å². The lowest BCUT2D eigenvalue weighted by atomic mass is 10.0. The molecule has 2 aliphatic heterocycles. The molecular weight excluding hydrogens is 408 g/mol. The fourth-order valence-corrected chi connectivity index (χ4v) is 4.27. The molecule has 4 heterocycles. The van der Waals surface area contributed by atoms with E-state index in [0.717, 1.165) is 43.7 Å². The van der Waals surface area contributed by atoms with Crippen LogP contribution >= 0.6 is 0 Å². The highest BCUT2D eigenvalue weighted by Gasteiger charge is 2.32. The number of nitrogens with one attached hydrogen (secondary N) is 2. The number of pyridine rings is 2. The van der Waals surface area contributed by atoms with Gasteiger partial charge in [0.05, 0.1) is 0 Å². The molecule has 2 amide bonds. The smallest absolute Gasteiger partial charge is 0.320 e. The van der Waals surface area contributed by atoms with Crippen LogP contribution < -0.4 is 10.6 Å². The van der Waals surface area contributed by atoms with Crippen LogP contribution in [-0.2, 0) is 17.6 Å². The first-order valence-electron chi connectivity index (χ1n) is 11.2. The van der Waals surface area contributed by atoms with Crippen LogP contribution in [0, 0.1) is 0 Å². The first kappa shape index (κ1) is 21.9. The summed E-state index contributed by atoms with van der Waals surface area (Å²) < 4.78 is 0. The average molecular weight is 439 g/mol. The average Bonchev–Trinajstić information content (AvgIpc) is 3.16. The van der Waals surface area contributed by atoms with Crippen LogP contribution in [0.2, 0.25) is 0 Å². The molecular formula is C23H30N6O3. The van der Waals surface area contributed by atoms with E-state index in [1.807, 2.05) is 0 Å². The standard InChI is InChI=1S/C23H30N6O3/c1-24-20-9-7-17(14-26-20)19(22(30)31)15-29-13-12-28(23(29)32)11-3-5-18-8-6-16-4-2-10-25-21(16)27-18/h6-9,14,19H,2-5,10-13,15H2,1H3,(H,24,26)(H,25,27)(H,30,31)/t19-/m0/s1. The fourth-order valence-electron chi connectivity index (χ4n) is 4.27. The predicted molar refractivity (Wildman–Crippen MR) is 122 cm³/mol. The number of rotatable bonds is 9. The summed E-state index contributed by atoms with van der Waals surface area (Å²) in [5.41, 5.74) is 2.90. The Morgan fingerprint density at radius 2 is 2.09 bits per heavy atom. The molecule has 0 saturated carbocycles. The summed E-state index contributed by atoms with van der Waals surface area (Å²) in [5.74, 6) is -0.0912. The molecule has 0 spiro atoms. The Morgan fingerprint density at radius 1 is 1.25 bits per heavy atom. The number of urea groups is 1. The molecule has 1 fully saturated rings. The van der Waals surface area contributed by atoms with E-state index in [1.165, 1.54) is 5.56 Å². The second-order valence-corrected chi connectivity index (χ2v) is 8.28. The number of carbonyl (C=O) groups is 2. The summed E-state index contributed by atoms with van der Waals surface area (Å²) >= 11 is 0. The minimum absolute atomic E-state index is 0.101. The Labute approximate surface area is 187 Å². The van der Waals surface area contributed by atoms with E-state index in [1.54, 1.807) is 35.2 Å². The van der Waals surface area contributed by atoms with Crippen molar-refractivity contribution in [3.05, 3.63) is 47.3 Å². The quantitative estimate of drug-likeness (QED) is 0.551. The maximum atomic E-state index is 12.8. The maximum absolute atomic E-state index is 12.8. The zero-order valence-corrected chi connectivity index (χ0v) is 18.4. The van der Waals surface area contributed by atoms with Gasteiger partial charge in [-0.1, -0.05) is 12.1 Å². The predicted octanol–water partition coefficient (Wildman–Crippen LogP) is 2.42. The Hall–Kier alpha value is -3.36. The number of aromatic nitrogens is 2. The number of fused-ring (bicyclic) bond motifs is 1. The Balaban J connectivity index is 1.30. The van der Waals surface area contributed by atoms with E-state index >= 15 is 0 Å². The van der Waals surface area contributed by atoms with Gasteiger partial charge in [0.1, 0.15) is 17.6 Å². The van der Waals surface area contributed by atoms with Gasteiger partial charge in [-0.15, -0.1) is 0 Å². The van der Waals surface area contributed by atoms with Gasteiger partial charge in [0.15, 0.2) is 0 Å². The minimum atomic E-state index is -0.956. The first-order valence-corrected chi connectivity index (χ1v) is 11.2. The van der Waals surface area contributed by atoms with Gasteiger partial charge in [-0.25, -0.2) is 14.8 Å².